The molecule has 0 aromatic carbocycles. The van der Waals surface area contributed by atoms with Crippen LogP contribution in [0.1, 0.15) is 17.7 Å². The van der Waals surface area contributed by atoms with E-state index in [0.29, 0.717) is 5.25 Å². The van der Waals surface area contributed by atoms with Crippen molar-refractivity contribution in [2.75, 3.05) is 25.1 Å². The van der Waals surface area contributed by atoms with Gasteiger partial charge in [-0.1, -0.05) is 29.2 Å². The maximum absolute atomic E-state index is 5.37. The van der Waals surface area contributed by atoms with Crippen LogP contribution in [0.15, 0.2) is 21.9 Å². The number of hydrogen-bond donors (Lipinski definition) is 1. The van der Waals surface area contributed by atoms with Gasteiger partial charge in [0.2, 0.25) is 5.13 Å². The van der Waals surface area contributed by atoms with Crippen LogP contribution >= 0.6 is 34.4 Å². The van der Waals surface area contributed by atoms with Crippen molar-refractivity contribution in [3.05, 3.63) is 22.4 Å². The van der Waals surface area contributed by atoms with Gasteiger partial charge in [0.1, 0.15) is 0 Å². The van der Waals surface area contributed by atoms with Gasteiger partial charge in [0, 0.05) is 29.9 Å². The molecule has 0 atom stereocenters. The Morgan fingerprint density at radius 1 is 1.35 bits per heavy atom. The number of aromatic nitrogens is 2. The summed E-state index contributed by atoms with van der Waals surface area (Å²) < 4.78 is 6.44. The predicted molar refractivity (Wildman–Crippen MR) is 86.1 cm³/mol. The minimum absolute atomic E-state index is 0.635. The highest BCUT2D eigenvalue weighted by Gasteiger charge is 2.17. The molecule has 0 bridgehead atoms. The van der Waals surface area contributed by atoms with Crippen LogP contribution in [0.2, 0.25) is 0 Å². The Kier molecular flexibility index (Phi) is 5.30. The average Bonchev–Trinajstić information content (AvgIpc) is 3.12. The molecular weight excluding hydrogens is 310 g/mol. The minimum atomic E-state index is 0.635. The number of ether oxygens (including phenoxy) is 1. The molecule has 1 aliphatic rings. The highest BCUT2D eigenvalue weighted by molar-refractivity contribution is 8.01. The van der Waals surface area contributed by atoms with Crippen molar-refractivity contribution in [3.8, 4) is 0 Å². The van der Waals surface area contributed by atoms with Crippen LogP contribution < -0.4 is 5.32 Å². The maximum Gasteiger partial charge on any atom is 0.206 e. The summed E-state index contributed by atoms with van der Waals surface area (Å²) in [5, 5.41) is 15.5. The van der Waals surface area contributed by atoms with Gasteiger partial charge in [0.15, 0.2) is 4.34 Å². The molecule has 0 amide bonds. The minimum Gasteiger partial charge on any atom is -0.381 e. The molecule has 1 aliphatic heterocycles. The number of nitrogens with zero attached hydrogens (tertiary/aromatic N) is 2. The van der Waals surface area contributed by atoms with Crippen LogP contribution in [0.25, 0.3) is 0 Å². The van der Waals surface area contributed by atoms with Crippen molar-refractivity contribution in [1.82, 2.24) is 10.2 Å². The first-order valence-corrected chi connectivity index (χ1v) is 9.32. The van der Waals surface area contributed by atoms with Crippen LogP contribution in [0.5, 0.6) is 0 Å². The molecule has 3 heterocycles. The van der Waals surface area contributed by atoms with E-state index in [9.17, 15) is 0 Å². The van der Waals surface area contributed by atoms with E-state index >= 15 is 0 Å². The van der Waals surface area contributed by atoms with Crippen molar-refractivity contribution < 1.29 is 4.74 Å². The molecule has 0 aliphatic carbocycles. The lowest BCUT2D eigenvalue weighted by Crippen LogP contribution is -2.17. The second-order valence-corrected chi connectivity index (χ2v) is 8.12. The van der Waals surface area contributed by atoms with Gasteiger partial charge in [0.05, 0.1) is 0 Å². The van der Waals surface area contributed by atoms with E-state index in [4.69, 9.17) is 4.74 Å². The van der Waals surface area contributed by atoms with E-state index in [1.54, 1.807) is 22.7 Å². The van der Waals surface area contributed by atoms with Crippen molar-refractivity contribution >= 4 is 39.6 Å². The molecule has 1 fully saturated rings. The zero-order chi connectivity index (χ0) is 13.6. The Hall–Kier alpha value is -0.630. The first-order chi connectivity index (χ1) is 9.90. The van der Waals surface area contributed by atoms with Gasteiger partial charge in [-0.3, -0.25) is 0 Å². The molecule has 3 rings (SSSR count). The second-order valence-electron chi connectivity index (χ2n) is 4.56. The predicted octanol–water partition coefficient (Wildman–Crippen LogP) is 3.53. The monoisotopic (exact) mass is 327 g/mol. The van der Waals surface area contributed by atoms with Crippen molar-refractivity contribution in [1.29, 1.82) is 0 Å². The first kappa shape index (κ1) is 14.3. The summed E-state index contributed by atoms with van der Waals surface area (Å²) >= 11 is 5.30. The summed E-state index contributed by atoms with van der Waals surface area (Å²) in [6.07, 6.45) is 3.27. The van der Waals surface area contributed by atoms with Crippen LogP contribution in [-0.2, 0) is 11.2 Å². The van der Waals surface area contributed by atoms with E-state index in [0.717, 1.165) is 48.5 Å². The summed E-state index contributed by atoms with van der Waals surface area (Å²) in [5.74, 6) is 0. The van der Waals surface area contributed by atoms with E-state index < -0.39 is 0 Å². The topological polar surface area (TPSA) is 47.0 Å². The second kappa shape index (κ2) is 7.40. The molecule has 2 aromatic rings. The largest absolute Gasteiger partial charge is 0.381 e. The third-order valence-electron chi connectivity index (χ3n) is 3.07. The first-order valence-electron chi connectivity index (χ1n) is 6.74. The Balaban J connectivity index is 1.44. The molecule has 1 saturated heterocycles. The zero-order valence-corrected chi connectivity index (χ0v) is 13.5. The Morgan fingerprint density at radius 2 is 2.25 bits per heavy atom. The normalized spacial score (nSPS) is 16.4. The lowest BCUT2D eigenvalue weighted by Gasteiger charge is -2.19. The maximum atomic E-state index is 5.37. The van der Waals surface area contributed by atoms with Gasteiger partial charge in [-0.2, -0.15) is 0 Å². The fourth-order valence-electron chi connectivity index (χ4n) is 2.01. The summed E-state index contributed by atoms with van der Waals surface area (Å²) in [6.45, 7) is 2.67. The van der Waals surface area contributed by atoms with Crippen molar-refractivity contribution in [2.45, 2.75) is 28.9 Å². The van der Waals surface area contributed by atoms with E-state index in [1.165, 1.54) is 4.88 Å². The molecule has 0 spiro atoms. The van der Waals surface area contributed by atoms with Crippen LogP contribution in [0.3, 0.4) is 0 Å². The molecule has 0 unspecified atom stereocenters. The summed E-state index contributed by atoms with van der Waals surface area (Å²) in [7, 11) is 0. The molecule has 0 saturated carbocycles. The third-order valence-corrected chi connectivity index (χ3v) is 6.31. The quantitative estimate of drug-likeness (QED) is 0.879. The fourth-order valence-corrected chi connectivity index (χ4v) is 4.86. The van der Waals surface area contributed by atoms with Crippen LogP contribution in [0.4, 0.5) is 5.13 Å². The molecule has 2 aromatic heterocycles. The number of hydrogen-bond acceptors (Lipinski definition) is 7. The Morgan fingerprint density at radius 3 is 3.05 bits per heavy atom. The van der Waals surface area contributed by atoms with Gasteiger partial charge in [-0.25, -0.2) is 0 Å². The molecule has 4 nitrogen and oxygen atoms in total. The fraction of sp³-hybridized carbons (Fsp3) is 0.538. The molecular formula is C13H17N3OS3. The Labute approximate surface area is 131 Å². The smallest absolute Gasteiger partial charge is 0.206 e. The third kappa shape index (κ3) is 4.18. The van der Waals surface area contributed by atoms with E-state index in [1.807, 2.05) is 11.8 Å². The van der Waals surface area contributed by atoms with Crippen LogP contribution in [0, 0.1) is 0 Å². The number of nitrogens with one attached hydrogen (secondary N) is 1. The molecule has 7 heteroatoms. The number of thioether (sulfide) groups is 1. The lowest BCUT2D eigenvalue weighted by molar-refractivity contribution is 0.100. The summed E-state index contributed by atoms with van der Waals surface area (Å²) in [5.41, 5.74) is 0. The lowest BCUT2D eigenvalue weighted by atomic mass is 10.2. The van der Waals surface area contributed by atoms with E-state index in [2.05, 4.69) is 33.0 Å². The van der Waals surface area contributed by atoms with Crippen LogP contribution in [-0.4, -0.2) is 35.2 Å². The molecule has 0 radical (unpaired) electrons. The number of thiophene rings is 1. The SMILES string of the molecule is c1csc(CCNc2nnc(SC3CCOCC3)s2)c1. The summed E-state index contributed by atoms with van der Waals surface area (Å²) in [4.78, 5) is 1.40. The van der Waals surface area contributed by atoms with Crippen molar-refractivity contribution in [2.24, 2.45) is 0 Å². The summed E-state index contributed by atoms with van der Waals surface area (Å²) in [6, 6.07) is 4.26. The Bertz CT molecular complexity index is 509. The molecule has 108 valence electrons. The van der Waals surface area contributed by atoms with E-state index in [-0.39, 0.29) is 0 Å². The molecule has 20 heavy (non-hydrogen) atoms. The highest BCUT2D eigenvalue weighted by Crippen LogP contribution is 2.33. The van der Waals surface area contributed by atoms with Gasteiger partial charge in [-0.05, 0) is 30.7 Å². The number of rotatable bonds is 6. The van der Waals surface area contributed by atoms with Gasteiger partial charge in [0.25, 0.3) is 0 Å². The molecule has 1 N–H and O–H groups in total. The zero-order valence-electron chi connectivity index (χ0n) is 11.1. The number of anilines is 1. The van der Waals surface area contributed by atoms with Gasteiger partial charge < -0.3 is 10.1 Å². The standard InChI is InChI=1S/C13H17N3OS3/c1-2-10(18-9-1)3-6-14-12-15-16-13(20-12)19-11-4-7-17-8-5-11/h1-2,9,11H,3-8H2,(H,14,15). The van der Waals surface area contributed by atoms with Crippen molar-refractivity contribution in [3.63, 3.8) is 0 Å². The average molecular weight is 328 g/mol. The highest BCUT2D eigenvalue weighted by atomic mass is 32.2. The van der Waals surface area contributed by atoms with Gasteiger partial charge >= 0.3 is 0 Å². The van der Waals surface area contributed by atoms with Gasteiger partial charge in [-0.15, -0.1) is 21.5 Å².